The number of thioether (sulfide) groups is 1. The van der Waals surface area contributed by atoms with Crippen molar-refractivity contribution in [3.05, 3.63) is 36.2 Å². The van der Waals surface area contributed by atoms with Crippen LogP contribution in [0, 0.1) is 0 Å². The van der Waals surface area contributed by atoms with Crippen LogP contribution >= 0.6 is 11.8 Å². The highest BCUT2D eigenvalue weighted by atomic mass is 32.2. The van der Waals surface area contributed by atoms with Gasteiger partial charge in [-0.3, -0.25) is 0 Å². The molecule has 0 saturated carbocycles. The predicted octanol–water partition coefficient (Wildman–Crippen LogP) is 2.60. The van der Waals surface area contributed by atoms with Gasteiger partial charge in [-0.1, -0.05) is 12.1 Å². The summed E-state index contributed by atoms with van der Waals surface area (Å²) in [5, 5.41) is 7.48. The van der Waals surface area contributed by atoms with Crippen molar-refractivity contribution in [2.75, 3.05) is 6.26 Å². The zero-order valence-corrected chi connectivity index (χ0v) is 8.62. The fourth-order valence-corrected chi connectivity index (χ4v) is 1.73. The molecule has 14 heavy (non-hydrogen) atoms. The summed E-state index contributed by atoms with van der Waals surface area (Å²) in [4.78, 5) is 0. The van der Waals surface area contributed by atoms with E-state index >= 15 is 0 Å². The molecule has 0 bridgehead atoms. The summed E-state index contributed by atoms with van der Waals surface area (Å²) in [5.74, 6) is 1.60. The number of aromatic nitrogens is 2. The third-order valence-electron chi connectivity index (χ3n) is 1.87. The molecule has 1 aromatic carbocycles. The number of rotatable bonds is 3. The lowest BCUT2D eigenvalue weighted by molar-refractivity contribution is 0.568. The highest BCUT2D eigenvalue weighted by molar-refractivity contribution is 7.97. The molecule has 0 amide bonds. The molecule has 1 aromatic heterocycles. The van der Waals surface area contributed by atoms with Gasteiger partial charge in [0.2, 0.25) is 12.3 Å². The summed E-state index contributed by atoms with van der Waals surface area (Å²) in [6.45, 7) is 0. The second-order valence-corrected chi connectivity index (χ2v) is 3.74. The fourth-order valence-electron chi connectivity index (χ4n) is 1.21. The quantitative estimate of drug-likeness (QED) is 0.773. The summed E-state index contributed by atoms with van der Waals surface area (Å²) in [5.41, 5.74) is 2.27. The van der Waals surface area contributed by atoms with Crippen LogP contribution in [0.1, 0.15) is 5.56 Å². The molecule has 0 aliphatic heterocycles. The van der Waals surface area contributed by atoms with E-state index in [4.69, 9.17) is 4.42 Å². The van der Waals surface area contributed by atoms with E-state index < -0.39 is 0 Å². The Labute approximate surface area is 86.5 Å². The van der Waals surface area contributed by atoms with Gasteiger partial charge >= 0.3 is 0 Å². The van der Waals surface area contributed by atoms with Crippen molar-refractivity contribution in [2.45, 2.75) is 5.75 Å². The van der Waals surface area contributed by atoms with Gasteiger partial charge in [0.15, 0.2) is 0 Å². The van der Waals surface area contributed by atoms with E-state index in [0.29, 0.717) is 5.89 Å². The Kier molecular flexibility index (Phi) is 2.84. The Morgan fingerprint density at radius 2 is 2.07 bits per heavy atom. The Bertz CT molecular complexity index is 383. The van der Waals surface area contributed by atoms with Crippen LogP contribution in [0.5, 0.6) is 0 Å². The summed E-state index contributed by atoms with van der Waals surface area (Å²) >= 11 is 1.81. The normalized spacial score (nSPS) is 10.4. The predicted molar refractivity (Wildman–Crippen MR) is 57.0 cm³/mol. The SMILES string of the molecule is CSCc1ccc(-c2nnco2)cc1. The first-order valence-corrected chi connectivity index (χ1v) is 5.64. The van der Waals surface area contributed by atoms with Crippen LogP contribution in [-0.4, -0.2) is 16.5 Å². The second-order valence-electron chi connectivity index (χ2n) is 2.87. The van der Waals surface area contributed by atoms with E-state index in [1.54, 1.807) is 11.8 Å². The minimum Gasteiger partial charge on any atom is -0.423 e. The molecule has 0 fully saturated rings. The molecule has 72 valence electrons. The molecule has 0 radical (unpaired) electrons. The van der Waals surface area contributed by atoms with Gasteiger partial charge in [-0.05, 0) is 24.0 Å². The van der Waals surface area contributed by atoms with Gasteiger partial charge in [-0.15, -0.1) is 10.2 Å². The monoisotopic (exact) mass is 206 g/mol. The third-order valence-corrected chi connectivity index (χ3v) is 2.49. The standard InChI is InChI=1S/C10H10N2OS/c1-14-6-8-2-4-9(5-3-8)10-12-11-7-13-10/h2-5,7H,6H2,1H3. The Balaban J connectivity index is 2.22. The van der Waals surface area contributed by atoms with Gasteiger partial charge in [-0.25, -0.2) is 0 Å². The average molecular weight is 206 g/mol. The number of benzene rings is 1. The third kappa shape index (κ3) is 1.96. The van der Waals surface area contributed by atoms with Crippen LogP contribution in [0.4, 0.5) is 0 Å². The zero-order valence-electron chi connectivity index (χ0n) is 7.80. The van der Waals surface area contributed by atoms with E-state index in [0.717, 1.165) is 11.3 Å². The van der Waals surface area contributed by atoms with Crippen LogP contribution in [0.25, 0.3) is 11.5 Å². The number of nitrogens with zero attached hydrogens (tertiary/aromatic N) is 2. The molecule has 0 aliphatic carbocycles. The molecular formula is C10H10N2OS. The molecule has 2 rings (SSSR count). The lowest BCUT2D eigenvalue weighted by Crippen LogP contribution is -1.81. The van der Waals surface area contributed by atoms with Crippen LogP contribution < -0.4 is 0 Å². The van der Waals surface area contributed by atoms with Crippen molar-refractivity contribution in [2.24, 2.45) is 0 Å². The van der Waals surface area contributed by atoms with Crippen molar-refractivity contribution in [1.82, 2.24) is 10.2 Å². The minimum absolute atomic E-state index is 0.570. The largest absolute Gasteiger partial charge is 0.423 e. The van der Waals surface area contributed by atoms with Gasteiger partial charge in [0, 0.05) is 11.3 Å². The Morgan fingerprint density at radius 3 is 2.64 bits per heavy atom. The maximum absolute atomic E-state index is 5.09. The van der Waals surface area contributed by atoms with Gasteiger partial charge in [0.25, 0.3) is 0 Å². The molecule has 0 saturated heterocycles. The lowest BCUT2D eigenvalue weighted by atomic mass is 10.1. The molecule has 0 spiro atoms. The first-order chi connectivity index (χ1) is 6.90. The number of hydrogen-bond donors (Lipinski definition) is 0. The average Bonchev–Trinajstić information content (AvgIpc) is 2.72. The van der Waals surface area contributed by atoms with Crippen LogP contribution in [0.2, 0.25) is 0 Å². The minimum atomic E-state index is 0.570. The molecule has 0 aliphatic rings. The molecule has 0 unspecified atom stereocenters. The van der Waals surface area contributed by atoms with E-state index in [1.165, 1.54) is 12.0 Å². The van der Waals surface area contributed by atoms with Crippen molar-refractivity contribution in [3.8, 4) is 11.5 Å². The van der Waals surface area contributed by atoms with Crippen LogP contribution in [-0.2, 0) is 5.75 Å². The smallest absolute Gasteiger partial charge is 0.247 e. The second kappa shape index (κ2) is 4.28. The van der Waals surface area contributed by atoms with Crippen molar-refractivity contribution in [3.63, 3.8) is 0 Å². The first kappa shape index (κ1) is 9.27. The van der Waals surface area contributed by atoms with Crippen molar-refractivity contribution in [1.29, 1.82) is 0 Å². The lowest BCUT2D eigenvalue weighted by Gasteiger charge is -1.98. The topological polar surface area (TPSA) is 38.9 Å². The highest BCUT2D eigenvalue weighted by Crippen LogP contribution is 2.18. The Morgan fingerprint density at radius 1 is 1.29 bits per heavy atom. The van der Waals surface area contributed by atoms with Gasteiger partial charge < -0.3 is 4.42 Å². The molecule has 2 aromatic rings. The maximum atomic E-state index is 5.09. The summed E-state index contributed by atoms with van der Waals surface area (Å²) in [7, 11) is 0. The van der Waals surface area contributed by atoms with Crippen molar-refractivity contribution < 1.29 is 4.42 Å². The van der Waals surface area contributed by atoms with E-state index in [-0.39, 0.29) is 0 Å². The van der Waals surface area contributed by atoms with Gasteiger partial charge in [-0.2, -0.15) is 11.8 Å². The molecule has 0 N–H and O–H groups in total. The molecule has 0 atom stereocenters. The maximum Gasteiger partial charge on any atom is 0.247 e. The van der Waals surface area contributed by atoms with Gasteiger partial charge in [0.05, 0.1) is 0 Å². The highest BCUT2D eigenvalue weighted by Gasteiger charge is 2.02. The van der Waals surface area contributed by atoms with E-state index in [9.17, 15) is 0 Å². The summed E-state index contributed by atoms with van der Waals surface area (Å²) < 4.78 is 5.09. The summed E-state index contributed by atoms with van der Waals surface area (Å²) in [6.07, 6.45) is 3.43. The molecule has 4 heteroatoms. The fraction of sp³-hybridized carbons (Fsp3) is 0.200. The van der Waals surface area contributed by atoms with Crippen LogP contribution in [0.15, 0.2) is 35.1 Å². The molecule has 1 heterocycles. The van der Waals surface area contributed by atoms with E-state index in [2.05, 4.69) is 28.6 Å². The summed E-state index contributed by atoms with van der Waals surface area (Å²) in [6, 6.07) is 8.16. The number of hydrogen-bond acceptors (Lipinski definition) is 4. The van der Waals surface area contributed by atoms with Crippen molar-refractivity contribution >= 4 is 11.8 Å². The first-order valence-electron chi connectivity index (χ1n) is 4.24. The Hall–Kier alpha value is -1.29. The molecular weight excluding hydrogens is 196 g/mol. The van der Waals surface area contributed by atoms with Gasteiger partial charge in [0.1, 0.15) is 0 Å². The molecule has 3 nitrogen and oxygen atoms in total. The zero-order chi connectivity index (χ0) is 9.80. The van der Waals surface area contributed by atoms with Crippen LogP contribution in [0.3, 0.4) is 0 Å². The van der Waals surface area contributed by atoms with E-state index in [1.807, 2.05) is 12.1 Å².